The predicted molar refractivity (Wildman–Crippen MR) is 60.3 cm³/mol. The topological polar surface area (TPSA) is 46.3 Å². The molecule has 1 N–H and O–H groups in total. The van der Waals surface area contributed by atoms with E-state index in [0.717, 1.165) is 15.6 Å². The maximum atomic E-state index is 8.87. The summed E-state index contributed by atoms with van der Waals surface area (Å²) in [5, 5.41) is 8.87. The quantitative estimate of drug-likeness (QED) is 0.910. The van der Waals surface area contributed by atoms with Crippen molar-refractivity contribution >= 4 is 15.9 Å². The second-order valence-electron chi connectivity index (χ2n) is 3.25. The van der Waals surface area contributed by atoms with Crippen LogP contribution in [0, 0.1) is 6.92 Å². The van der Waals surface area contributed by atoms with E-state index in [1.54, 1.807) is 0 Å². The van der Waals surface area contributed by atoms with Crippen LogP contribution >= 0.6 is 15.9 Å². The van der Waals surface area contributed by atoms with Crippen molar-refractivity contribution in [3.8, 4) is 11.5 Å². The highest BCUT2D eigenvalue weighted by Crippen LogP contribution is 2.25. The van der Waals surface area contributed by atoms with Crippen LogP contribution in [-0.2, 0) is 6.61 Å². The lowest BCUT2D eigenvalue weighted by molar-refractivity contribution is 0.248. The second-order valence-corrected chi connectivity index (χ2v) is 4.16. The molecular weight excluding hydrogens is 258 g/mol. The molecule has 2 rings (SSSR count). The molecule has 1 heterocycles. The van der Waals surface area contributed by atoms with Crippen molar-refractivity contribution in [1.82, 2.24) is 4.98 Å². The highest BCUT2D eigenvalue weighted by molar-refractivity contribution is 9.10. The number of hydrogen-bond acceptors (Lipinski definition) is 3. The minimum Gasteiger partial charge on any atom is -0.439 e. The summed E-state index contributed by atoms with van der Waals surface area (Å²) in [4.78, 5) is 4.11. The van der Waals surface area contributed by atoms with Crippen LogP contribution in [0.25, 0.3) is 11.5 Å². The summed E-state index contributed by atoms with van der Waals surface area (Å²) in [6.45, 7) is 1.87. The highest BCUT2D eigenvalue weighted by Gasteiger charge is 2.08. The summed E-state index contributed by atoms with van der Waals surface area (Å²) in [5.74, 6) is 1.02. The van der Waals surface area contributed by atoms with E-state index >= 15 is 0 Å². The summed E-state index contributed by atoms with van der Waals surface area (Å²) >= 11 is 3.40. The highest BCUT2D eigenvalue weighted by atomic mass is 79.9. The zero-order valence-corrected chi connectivity index (χ0v) is 9.78. The smallest absolute Gasteiger partial charge is 0.226 e. The number of rotatable bonds is 2. The zero-order chi connectivity index (χ0) is 10.8. The standard InChI is InChI=1S/C11H10BrNO2/c1-7-4-8(12)2-3-10(7)11-13-5-9(6-14)15-11/h2-5,14H,6H2,1H3. The first-order valence-electron chi connectivity index (χ1n) is 4.53. The number of oxazole rings is 1. The Kier molecular flexibility index (Phi) is 2.88. The molecule has 0 aliphatic rings. The Labute approximate surface area is 95.9 Å². The Bertz CT molecular complexity index is 479. The largest absolute Gasteiger partial charge is 0.439 e. The monoisotopic (exact) mass is 267 g/mol. The van der Waals surface area contributed by atoms with E-state index in [1.165, 1.54) is 6.20 Å². The molecule has 78 valence electrons. The van der Waals surface area contributed by atoms with Gasteiger partial charge in [-0.3, -0.25) is 0 Å². The Morgan fingerprint density at radius 1 is 1.47 bits per heavy atom. The van der Waals surface area contributed by atoms with E-state index < -0.39 is 0 Å². The van der Waals surface area contributed by atoms with E-state index in [-0.39, 0.29) is 6.61 Å². The van der Waals surface area contributed by atoms with Gasteiger partial charge in [0.25, 0.3) is 0 Å². The summed E-state index contributed by atoms with van der Waals surface area (Å²) in [6.07, 6.45) is 1.54. The number of hydrogen-bond donors (Lipinski definition) is 1. The fourth-order valence-corrected chi connectivity index (χ4v) is 1.85. The maximum absolute atomic E-state index is 8.87. The fraction of sp³-hybridized carbons (Fsp3) is 0.182. The normalized spacial score (nSPS) is 10.6. The molecular formula is C11H10BrNO2. The van der Waals surface area contributed by atoms with Crippen LogP contribution in [0.15, 0.2) is 33.3 Å². The number of aliphatic hydroxyl groups excluding tert-OH is 1. The van der Waals surface area contributed by atoms with Gasteiger partial charge in [0.2, 0.25) is 5.89 Å². The summed E-state index contributed by atoms with van der Waals surface area (Å²) < 4.78 is 6.39. The van der Waals surface area contributed by atoms with Crippen molar-refractivity contribution in [2.75, 3.05) is 0 Å². The third-order valence-electron chi connectivity index (χ3n) is 2.13. The summed E-state index contributed by atoms with van der Waals surface area (Å²) in [5.41, 5.74) is 2.02. The number of halogens is 1. The third kappa shape index (κ3) is 2.11. The summed E-state index contributed by atoms with van der Waals surface area (Å²) in [7, 11) is 0. The number of nitrogens with zero attached hydrogens (tertiary/aromatic N) is 1. The average molecular weight is 268 g/mol. The molecule has 0 fully saturated rings. The van der Waals surface area contributed by atoms with Gasteiger partial charge in [-0.2, -0.15) is 0 Å². The molecule has 2 aromatic rings. The van der Waals surface area contributed by atoms with Crippen LogP contribution in [0.4, 0.5) is 0 Å². The van der Waals surface area contributed by atoms with Crippen molar-refractivity contribution in [3.63, 3.8) is 0 Å². The van der Waals surface area contributed by atoms with Gasteiger partial charge in [-0.15, -0.1) is 0 Å². The molecule has 4 heteroatoms. The van der Waals surface area contributed by atoms with E-state index in [4.69, 9.17) is 9.52 Å². The Balaban J connectivity index is 2.44. The molecule has 0 spiro atoms. The van der Waals surface area contributed by atoms with Crippen molar-refractivity contribution in [3.05, 3.63) is 40.2 Å². The van der Waals surface area contributed by atoms with Gasteiger partial charge in [0, 0.05) is 10.0 Å². The van der Waals surface area contributed by atoms with Gasteiger partial charge in [-0.05, 0) is 30.7 Å². The second kappa shape index (κ2) is 4.16. The van der Waals surface area contributed by atoms with Crippen LogP contribution in [0.5, 0.6) is 0 Å². The molecule has 3 nitrogen and oxygen atoms in total. The number of aliphatic hydroxyl groups is 1. The van der Waals surface area contributed by atoms with Gasteiger partial charge in [0.15, 0.2) is 0 Å². The number of aryl methyl sites for hydroxylation is 1. The first-order valence-corrected chi connectivity index (χ1v) is 5.32. The van der Waals surface area contributed by atoms with Gasteiger partial charge in [-0.25, -0.2) is 4.98 Å². The Morgan fingerprint density at radius 3 is 2.87 bits per heavy atom. The predicted octanol–water partition coefficient (Wildman–Crippen LogP) is 2.90. The molecule has 15 heavy (non-hydrogen) atoms. The molecule has 0 saturated heterocycles. The average Bonchev–Trinajstić information content (AvgIpc) is 2.66. The molecule has 0 saturated carbocycles. The van der Waals surface area contributed by atoms with E-state index in [0.29, 0.717) is 11.7 Å². The van der Waals surface area contributed by atoms with Crippen molar-refractivity contribution in [1.29, 1.82) is 0 Å². The van der Waals surface area contributed by atoms with Gasteiger partial charge in [0.1, 0.15) is 12.4 Å². The lowest BCUT2D eigenvalue weighted by Crippen LogP contribution is -1.82. The molecule has 1 aromatic heterocycles. The molecule has 0 atom stereocenters. The van der Waals surface area contributed by atoms with Crippen LogP contribution in [-0.4, -0.2) is 10.1 Å². The lowest BCUT2D eigenvalue weighted by atomic mass is 10.1. The van der Waals surface area contributed by atoms with Crippen LogP contribution in [0.3, 0.4) is 0 Å². The minimum absolute atomic E-state index is 0.122. The first kappa shape index (κ1) is 10.4. The van der Waals surface area contributed by atoms with Crippen molar-refractivity contribution < 1.29 is 9.52 Å². The van der Waals surface area contributed by atoms with Crippen LogP contribution in [0.2, 0.25) is 0 Å². The SMILES string of the molecule is Cc1cc(Br)ccc1-c1ncc(CO)o1. The summed E-state index contributed by atoms with van der Waals surface area (Å²) in [6, 6.07) is 5.87. The number of aromatic nitrogens is 1. The maximum Gasteiger partial charge on any atom is 0.226 e. The van der Waals surface area contributed by atoms with Gasteiger partial charge in [-0.1, -0.05) is 15.9 Å². The molecule has 0 unspecified atom stereocenters. The zero-order valence-electron chi connectivity index (χ0n) is 8.20. The molecule has 0 aliphatic heterocycles. The molecule has 0 radical (unpaired) electrons. The molecule has 0 amide bonds. The van der Waals surface area contributed by atoms with E-state index in [1.807, 2.05) is 25.1 Å². The van der Waals surface area contributed by atoms with Crippen molar-refractivity contribution in [2.45, 2.75) is 13.5 Å². The van der Waals surface area contributed by atoms with E-state index in [2.05, 4.69) is 20.9 Å². The van der Waals surface area contributed by atoms with Crippen molar-refractivity contribution in [2.24, 2.45) is 0 Å². The fourth-order valence-electron chi connectivity index (χ4n) is 1.37. The van der Waals surface area contributed by atoms with Crippen LogP contribution < -0.4 is 0 Å². The Hall–Kier alpha value is -1.13. The first-order chi connectivity index (χ1) is 7.20. The Morgan fingerprint density at radius 2 is 2.27 bits per heavy atom. The van der Waals surface area contributed by atoms with Crippen LogP contribution in [0.1, 0.15) is 11.3 Å². The van der Waals surface area contributed by atoms with Gasteiger partial charge in [0.05, 0.1) is 6.20 Å². The molecule has 0 aliphatic carbocycles. The van der Waals surface area contributed by atoms with E-state index in [9.17, 15) is 0 Å². The third-order valence-corrected chi connectivity index (χ3v) is 2.62. The molecule has 1 aromatic carbocycles. The van der Waals surface area contributed by atoms with Gasteiger partial charge < -0.3 is 9.52 Å². The minimum atomic E-state index is -0.122. The molecule has 0 bridgehead atoms. The van der Waals surface area contributed by atoms with Gasteiger partial charge >= 0.3 is 0 Å². The lowest BCUT2D eigenvalue weighted by Gasteiger charge is -2.01. The number of benzene rings is 1.